The molecule has 0 unspecified atom stereocenters. The zero-order valence-electron chi connectivity index (χ0n) is 36.1. The third-order valence-electron chi connectivity index (χ3n) is 12.3. The highest BCUT2D eigenvalue weighted by Crippen LogP contribution is 2.44. The first kappa shape index (κ1) is 49.4. The number of quaternary nitrogens is 1. The molecule has 0 saturated carbocycles. The summed E-state index contributed by atoms with van der Waals surface area (Å²) in [6.07, 6.45) is 15.1. The molecule has 7 atom stereocenters. The quantitative estimate of drug-likeness (QED) is 0.0677. The van der Waals surface area contributed by atoms with Gasteiger partial charge < -0.3 is 30.0 Å². The number of aromatic nitrogens is 1. The molecule has 1 saturated heterocycles. The highest BCUT2D eigenvalue weighted by molar-refractivity contribution is 7.09. The van der Waals surface area contributed by atoms with Gasteiger partial charge in [-0.1, -0.05) is 106 Å². The molecule has 1 aromatic heterocycles. The van der Waals surface area contributed by atoms with Crippen molar-refractivity contribution < 1.29 is 29.0 Å². The second-order valence-electron chi connectivity index (χ2n) is 17.3. The Balaban J connectivity index is 0.000000695. The molecule has 8 nitrogen and oxygen atoms in total. The van der Waals surface area contributed by atoms with E-state index in [-0.39, 0.29) is 35.4 Å². The van der Waals surface area contributed by atoms with E-state index in [2.05, 4.69) is 59.5 Å². The lowest BCUT2D eigenvalue weighted by Crippen LogP contribution is -2.50. The molecule has 1 aromatic rings. The monoisotopic (exact) mass is 764 g/mol. The van der Waals surface area contributed by atoms with Crippen molar-refractivity contribution in [3.05, 3.63) is 21.7 Å². The number of hydrogen-bond donors (Lipinski definition) is 2. The van der Waals surface area contributed by atoms with Crippen molar-refractivity contribution in [2.75, 3.05) is 26.2 Å². The predicted octanol–water partition coefficient (Wildman–Crippen LogP) is 8.91. The van der Waals surface area contributed by atoms with E-state index in [1.54, 1.807) is 25.2 Å². The van der Waals surface area contributed by atoms with Gasteiger partial charge in [-0.2, -0.15) is 0 Å². The van der Waals surface area contributed by atoms with E-state index in [9.17, 15) is 19.8 Å². The number of aliphatic hydroxyl groups excluding tert-OH is 1. The highest BCUT2D eigenvalue weighted by Gasteiger charge is 2.51. The van der Waals surface area contributed by atoms with Crippen LogP contribution < -0.4 is 10.8 Å². The van der Waals surface area contributed by atoms with E-state index in [1.807, 2.05) is 26.2 Å². The number of hydrogen-bond acceptors (Lipinski definition) is 8. The van der Waals surface area contributed by atoms with Crippen LogP contribution in [-0.4, -0.2) is 76.4 Å². The lowest BCUT2D eigenvalue weighted by atomic mass is 9.70. The smallest absolute Gasteiger partial charge is 0.144 e. The maximum Gasteiger partial charge on any atom is 0.144 e. The number of carbonyl (C=O) groups excluding carboxylic acids is 2. The van der Waals surface area contributed by atoms with Crippen molar-refractivity contribution in [3.63, 3.8) is 0 Å². The molecule has 0 radical (unpaired) electrons. The van der Waals surface area contributed by atoms with Gasteiger partial charge in [-0.25, -0.2) is 4.98 Å². The number of unbranched alkanes of at least 4 members (excludes halogenated alkanes) is 4. The van der Waals surface area contributed by atoms with Crippen molar-refractivity contribution in [1.82, 2.24) is 4.98 Å². The van der Waals surface area contributed by atoms with Crippen LogP contribution in [0.25, 0.3) is 6.08 Å². The molecule has 1 aliphatic heterocycles. The molecule has 2 heterocycles. The fraction of sp³-hybridized carbons (Fsp3) is 0.841. The third-order valence-corrected chi connectivity index (χ3v) is 13.1. The van der Waals surface area contributed by atoms with Crippen molar-refractivity contribution in [2.24, 2.45) is 28.9 Å². The van der Waals surface area contributed by atoms with Crippen LogP contribution in [-0.2, 0) is 14.3 Å². The van der Waals surface area contributed by atoms with Crippen molar-refractivity contribution in [3.8, 4) is 0 Å². The number of aliphatic carboxylic acids is 1. The van der Waals surface area contributed by atoms with Gasteiger partial charge in [0.15, 0.2) is 0 Å². The summed E-state index contributed by atoms with van der Waals surface area (Å²) in [5, 5.41) is 24.2. The molecule has 0 aromatic carbocycles. The number of epoxide rings is 1. The first-order chi connectivity index (χ1) is 24.8. The van der Waals surface area contributed by atoms with Gasteiger partial charge in [-0.15, -0.1) is 11.3 Å². The summed E-state index contributed by atoms with van der Waals surface area (Å²) >= 11 is 1.63. The number of carbonyl (C=O) groups is 2. The van der Waals surface area contributed by atoms with Crippen molar-refractivity contribution in [2.45, 2.75) is 190 Å². The number of ketones is 1. The maximum absolute atomic E-state index is 13.1. The fourth-order valence-corrected chi connectivity index (χ4v) is 8.16. The Bertz CT molecular complexity index is 1190. The van der Waals surface area contributed by atoms with Gasteiger partial charge in [0, 0.05) is 35.1 Å². The van der Waals surface area contributed by atoms with E-state index >= 15 is 0 Å². The normalized spacial score (nSPS) is 20.6. The topological polar surface area (TPSA) is 129 Å². The zero-order chi connectivity index (χ0) is 40.4. The molecule has 3 N–H and O–H groups in total. The predicted molar refractivity (Wildman–Crippen MR) is 221 cm³/mol. The number of thiazole rings is 1. The van der Waals surface area contributed by atoms with Gasteiger partial charge in [0.25, 0.3) is 0 Å². The SMILES string of the molecule is C/C(=C\c1csc(C)n1)[C@@H](N)C[C@@H]1O[C@]1(C)CCC[C@H](C)[C@H](C)[C@@H](C)C(=O)C(C)(C)[C@@H](O)CC(=O)[O-].CCCC[N+](CCCC)(CCCC)CCCC. The molecule has 0 aliphatic carbocycles. The molecule has 0 amide bonds. The maximum atomic E-state index is 13.1. The van der Waals surface area contributed by atoms with Crippen LogP contribution in [0.15, 0.2) is 11.0 Å². The van der Waals surface area contributed by atoms with Crippen LogP contribution in [0.5, 0.6) is 0 Å². The van der Waals surface area contributed by atoms with E-state index in [1.165, 1.54) is 82.0 Å². The number of nitrogens with zero attached hydrogens (tertiary/aromatic N) is 2. The number of rotatable bonds is 27. The molecule has 0 bridgehead atoms. The fourth-order valence-electron chi connectivity index (χ4n) is 7.59. The van der Waals surface area contributed by atoms with Crippen LogP contribution >= 0.6 is 11.3 Å². The molecule has 1 aliphatic rings. The standard InChI is InChI=1S/C28H46N2O5S.C16H36N/c1-16(18(3)19(4)26(34)27(6,7)23(31)14-25(32)33)10-9-11-28(8)24(35-28)13-22(29)17(2)12-21-15-36-20(5)30-21;1-5-9-13-17(14-10-6-2,15-11-7-3)16-12-8-4/h12,15-16,18-19,22-24,31H,9-11,13-14,29H2,1-8H3,(H,32,33);5-16H2,1-4H3/q;+1/p-1/b17-12+;/t16-,18-,19+,22-,23-,24-,28+;/m0./s1. The first-order valence-electron chi connectivity index (χ1n) is 21.1. The minimum Gasteiger partial charge on any atom is -0.550 e. The minimum absolute atomic E-state index is 0.0692. The number of carboxylic acid groups (broad SMARTS) is 1. The van der Waals surface area contributed by atoms with Gasteiger partial charge >= 0.3 is 0 Å². The zero-order valence-corrected chi connectivity index (χ0v) is 36.9. The number of ether oxygens (including phenoxy) is 1. The molecule has 9 heteroatoms. The first-order valence-corrected chi connectivity index (χ1v) is 22.0. The number of aliphatic hydroxyl groups is 1. The largest absolute Gasteiger partial charge is 0.550 e. The molecular weight excluding hydrogens is 683 g/mol. The second-order valence-corrected chi connectivity index (χ2v) is 18.3. The van der Waals surface area contributed by atoms with Gasteiger partial charge in [0.1, 0.15) is 5.78 Å². The molecule has 1 fully saturated rings. The Labute approximate surface area is 329 Å². The average molecular weight is 764 g/mol. The van der Waals surface area contributed by atoms with Crippen LogP contribution in [0.4, 0.5) is 0 Å². The third kappa shape index (κ3) is 16.9. The number of carboxylic acids is 1. The van der Waals surface area contributed by atoms with Gasteiger partial charge in [-0.05, 0) is 77.2 Å². The summed E-state index contributed by atoms with van der Waals surface area (Å²) in [5.74, 6) is -1.35. The van der Waals surface area contributed by atoms with E-state index in [4.69, 9.17) is 10.5 Å². The Kier molecular flexibility index (Phi) is 22.4. The van der Waals surface area contributed by atoms with Crippen LogP contribution in [0.3, 0.4) is 0 Å². The summed E-state index contributed by atoms with van der Waals surface area (Å²) in [5.41, 5.74) is 7.20. The number of aryl methyl sites for hydroxylation is 1. The summed E-state index contributed by atoms with van der Waals surface area (Å²) in [6.45, 7) is 30.5. The van der Waals surface area contributed by atoms with E-state index in [0.717, 1.165) is 42.0 Å². The van der Waals surface area contributed by atoms with Gasteiger partial charge in [-0.3, -0.25) is 4.79 Å². The van der Waals surface area contributed by atoms with Crippen LogP contribution in [0, 0.1) is 30.1 Å². The second kappa shape index (κ2) is 24.1. The molecule has 308 valence electrons. The summed E-state index contributed by atoms with van der Waals surface area (Å²) in [6, 6.07) is -0.0692. The Hall–Kier alpha value is -1.65. The molecule has 0 spiro atoms. The number of nitrogens with two attached hydrogens (primary N) is 1. The minimum atomic E-state index is -1.35. The lowest BCUT2D eigenvalue weighted by molar-refractivity contribution is -0.929. The summed E-state index contributed by atoms with van der Waals surface area (Å²) in [7, 11) is 0. The van der Waals surface area contributed by atoms with Gasteiger partial charge in [0.05, 0.1) is 54.7 Å². The Morgan fingerprint density at radius 3 is 1.96 bits per heavy atom. The Morgan fingerprint density at radius 2 is 1.53 bits per heavy atom. The summed E-state index contributed by atoms with van der Waals surface area (Å²) in [4.78, 5) is 28.4. The van der Waals surface area contributed by atoms with Gasteiger partial charge in [0.2, 0.25) is 0 Å². The van der Waals surface area contributed by atoms with Crippen molar-refractivity contribution >= 4 is 29.2 Å². The van der Waals surface area contributed by atoms with Crippen molar-refractivity contribution in [1.29, 1.82) is 0 Å². The van der Waals surface area contributed by atoms with Crippen LogP contribution in [0.1, 0.15) is 170 Å². The molecular formula is C44H81N3O5S. The molecule has 53 heavy (non-hydrogen) atoms. The average Bonchev–Trinajstić information content (AvgIpc) is 3.55. The molecule has 2 rings (SSSR count). The summed E-state index contributed by atoms with van der Waals surface area (Å²) < 4.78 is 7.47. The Morgan fingerprint density at radius 1 is 1.02 bits per heavy atom. The van der Waals surface area contributed by atoms with Crippen LogP contribution in [0.2, 0.25) is 0 Å². The van der Waals surface area contributed by atoms with E-state index in [0.29, 0.717) is 5.92 Å². The van der Waals surface area contributed by atoms with E-state index < -0.39 is 23.9 Å². The lowest BCUT2D eigenvalue weighted by Gasteiger charge is -2.39. The number of Topliss-reactive ketones (excluding diaryl/α,β-unsaturated/α-hetero) is 1. The highest BCUT2D eigenvalue weighted by atomic mass is 32.1.